The van der Waals surface area contributed by atoms with Crippen LogP contribution >= 0.6 is 0 Å². The van der Waals surface area contributed by atoms with E-state index in [1.165, 1.54) is 17.1 Å². The van der Waals surface area contributed by atoms with Gasteiger partial charge in [0.25, 0.3) is 11.8 Å². The fourth-order valence-corrected chi connectivity index (χ4v) is 11.8. The standard InChI is InChI=1S/C63H94N8O11/c1-11-42(6)47(51(81-9)38-56(76)70-34-21-27-50(70)60(82-10)43(7)61(78)65-49(35-44-23-15-12-16-24-44)62(79)64-39-45-25-17-13-18-26-45)36-46-37-48(46)59(77)57(40(2)3)66-63(80)58(41(4)5)69(8)32-22-29-53(73)68-67-52(72)28-19-14-20-33-71-54(74)30-31-55(71)75/h12-13,15-18,23-26,30-31,40-43,46-51,57-58,60H,11,14,19-22,27-29,32-39H2,1-10H3,(H,64,79)(H,65,78)(H,66,80)(H,67,72)(H,68,73). The third kappa shape index (κ3) is 19.7. The SMILES string of the molecule is CCC(C)C(CC1CC1C(=O)C(NC(=O)C(C(C)C)N(C)CCCC(=O)NNC(=O)CCCCCN1C(=O)C=CC1=O)C(C)C)C(CC(=O)N1CCCC1C(OC)C(C)C(=O)NC(Cc1ccccc1)C(=O)NCc1ccccc1)OC. The van der Waals surface area contributed by atoms with Crippen LogP contribution in [-0.4, -0.2) is 145 Å². The van der Waals surface area contributed by atoms with Gasteiger partial charge in [-0.2, -0.15) is 0 Å². The molecule has 452 valence electrons. The van der Waals surface area contributed by atoms with Crippen LogP contribution in [0, 0.1) is 41.4 Å². The molecule has 2 aromatic carbocycles. The summed E-state index contributed by atoms with van der Waals surface area (Å²) in [6, 6.07) is 16.6. The van der Waals surface area contributed by atoms with E-state index in [0.29, 0.717) is 77.5 Å². The van der Waals surface area contributed by atoms with Gasteiger partial charge in [0.2, 0.25) is 35.4 Å². The summed E-state index contributed by atoms with van der Waals surface area (Å²) >= 11 is 0. The number of unbranched alkanes of at least 4 members (excludes halogenated alkanes) is 2. The fourth-order valence-electron chi connectivity index (χ4n) is 11.8. The number of nitrogens with zero attached hydrogens (tertiary/aromatic N) is 3. The second-order valence-electron chi connectivity index (χ2n) is 23.6. The molecule has 2 aliphatic heterocycles. The summed E-state index contributed by atoms with van der Waals surface area (Å²) in [4.78, 5) is 124. The first-order valence-electron chi connectivity index (χ1n) is 29.9. The molecule has 2 fully saturated rings. The maximum absolute atomic E-state index is 14.5. The molecule has 19 nitrogen and oxygen atoms in total. The average Bonchev–Trinajstić information content (AvgIpc) is 4.14. The number of Topliss-reactive ketones (excluding diaryl/α,β-unsaturated/α-hetero) is 1. The normalized spacial score (nSPS) is 19.7. The zero-order chi connectivity index (χ0) is 60.0. The van der Waals surface area contributed by atoms with Gasteiger partial charge in [-0.3, -0.25) is 63.8 Å². The van der Waals surface area contributed by atoms with Crippen LogP contribution in [0.5, 0.6) is 0 Å². The highest BCUT2D eigenvalue weighted by Crippen LogP contribution is 2.47. The van der Waals surface area contributed by atoms with Crippen LogP contribution in [0.3, 0.4) is 0 Å². The van der Waals surface area contributed by atoms with Gasteiger partial charge in [0.15, 0.2) is 5.78 Å². The van der Waals surface area contributed by atoms with E-state index in [4.69, 9.17) is 9.47 Å². The van der Waals surface area contributed by atoms with Crippen LogP contribution in [0.1, 0.15) is 137 Å². The molecule has 11 unspecified atom stereocenters. The first-order chi connectivity index (χ1) is 39.2. The van der Waals surface area contributed by atoms with E-state index in [9.17, 15) is 43.2 Å². The summed E-state index contributed by atoms with van der Waals surface area (Å²) in [6.07, 6.45) is 7.84. The Hall–Kier alpha value is -6.31. The Balaban J connectivity index is 1.11. The molecule has 8 amide bonds. The number of likely N-dealkylation sites (N-methyl/N-ethyl adjacent to an activating group) is 1. The van der Waals surface area contributed by atoms with Crippen LogP contribution in [0.4, 0.5) is 0 Å². The zero-order valence-electron chi connectivity index (χ0n) is 50.3. The van der Waals surface area contributed by atoms with E-state index in [1.807, 2.05) is 105 Å². The number of carbonyl (C=O) groups excluding carboxylic acids is 9. The fraction of sp³-hybridized carbons (Fsp3) is 0.635. The number of nitrogens with one attached hydrogen (secondary N) is 5. The number of carbonyl (C=O) groups is 9. The Kier molecular flexibility index (Phi) is 26.8. The molecular weight excluding hydrogens is 1040 g/mol. The molecule has 82 heavy (non-hydrogen) atoms. The van der Waals surface area contributed by atoms with Crippen molar-refractivity contribution in [3.63, 3.8) is 0 Å². The Labute approximate surface area is 486 Å². The molecule has 1 saturated heterocycles. The molecule has 0 spiro atoms. The van der Waals surface area contributed by atoms with Crippen molar-refractivity contribution >= 4 is 53.0 Å². The minimum atomic E-state index is -0.846. The van der Waals surface area contributed by atoms with Crippen molar-refractivity contribution in [3.05, 3.63) is 83.9 Å². The third-order valence-corrected chi connectivity index (χ3v) is 16.9. The molecule has 11 atom stereocenters. The molecule has 2 aromatic rings. The maximum Gasteiger partial charge on any atom is 0.253 e. The van der Waals surface area contributed by atoms with E-state index < -0.39 is 36.3 Å². The van der Waals surface area contributed by atoms with E-state index in [-0.39, 0.29) is 114 Å². The highest BCUT2D eigenvalue weighted by Gasteiger charge is 2.49. The van der Waals surface area contributed by atoms with Crippen molar-refractivity contribution in [1.82, 2.24) is 41.5 Å². The highest BCUT2D eigenvalue weighted by molar-refractivity contribution is 6.12. The molecule has 0 radical (unpaired) electrons. The predicted molar refractivity (Wildman–Crippen MR) is 313 cm³/mol. The summed E-state index contributed by atoms with van der Waals surface area (Å²) in [5.41, 5.74) is 6.73. The van der Waals surface area contributed by atoms with Gasteiger partial charge in [0.05, 0.1) is 42.7 Å². The van der Waals surface area contributed by atoms with E-state index in [2.05, 4.69) is 40.6 Å². The van der Waals surface area contributed by atoms with Crippen LogP contribution in [0.15, 0.2) is 72.8 Å². The molecule has 19 heteroatoms. The molecule has 1 saturated carbocycles. The lowest BCUT2D eigenvalue weighted by atomic mass is 9.80. The summed E-state index contributed by atoms with van der Waals surface area (Å²) in [6.45, 7) is 15.3. The third-order valence-electron chi connectivity index (χ3n) is 16.9. The number of hydrogen-bond donors (Lipinski definition) is 5. The van der Waals surface area contributed by atoms with Gasteiger partial charge in [-0.15, -0.1) is 0 Å². The van der Waals surface area contributed by atoms with E-state index >= 15 is 0 Å². The Morgan fingerprint density at radius 1 is 0.732 bits per heavy atom. The summed E-state index contributed by atoms with van der Waals surface area (Å²) < 4.78 is 12.3. The number of hydrogen-bond acceptors (Lipinski definition) is 12. The summed E-state index contributed by atoms with van der Waals surface area (Å²) in [7, 11) is 5.02. The predicted octanol–water partition coefficient (Wildman–Crippen LogP) is 5.85. The zero-order valence-corrected chi connectivity index (χ0v) is 50.3. The number of amides is 8. The number of ketones is 1. The lowest BCUT2D eigenvalue weighted by molar-refractivity contribution is -0.143. The van der Waals surface area contributed by atoms with Gasteiger partial charge in [-0.1, -0.05) is 122 Å². The molecule has 5 N–H and O–H groups in total. The molecule has 2 heterocycles. The largest absolute Gasteiger partial charge is 0.381 e. The van der Waals surface area contributed by atoms with Gasteiger partial charge < -0.3 is 30.3 Å². The quantitative estimate of drug-likeness (QED) is 0.0311. The van der Waals surface area contributed by atoms with Crippen molar-refractivity contribution in [2.24, 2.45) is 41.4 Å². The van der Waals surface area contributed by atoms with Crippen LogP contribution < -0.4 is 26.8 Å². The monoisotopic (exact) mass is 1140 g/mol. The average molecular weight is 1140 g/mol. The van der Waals surface area contributed by atoms with Gasteiger partial charge in [-0.25, -0.2) is 0 Å². The molecule has 1 aliphatic carbocycles. The summed E-state index contributed by atoms with van der Waals surface area (Å²) in [5, 5.41) is 9.14. The van der Waals surface area contributed by atoms with Crippen molar-refractivity contribution in [2.75, 3.05) is 40.9 Å². The van der Waals surface area contributed by atoms with E-state index in [1.54, 1.807) is 21.1 Å². The number of rotatable bonds is 35. The minimum Gasteiger partial charge on any atom is -0.381 e. The van der Waals surface area contributed by atoms with Gasteiger partial charge >= 0.3 is 0 Å². The molecule has 3 aliphatic rings. The molecule has 5 rings (SSSR count). The highest BCUT2D eigenvalue weighted by atomic mass is 16.5. The topological polar surface area (TPSA) is 242 Å². The van der Waals surface area contributed by atoms with Crippen LogP contribution in [-0.2, 0) is 65.6 Å². The number of benzene rings is 2. The Morgan fingerprint density at radius 2 is 1.35 bits per heavy atom. The number of ether oxygens (including phenoxy) is 2. The minimum absolute atomic E-state index is 0.000605. The van der Waals surface area contributed by atoms with Crippen molar-refractivity contribution in [2.45, 2.75) is 175 Å². The Bertz CT molecular complexity index is 2460. The van der Waals surface area contributed by atoms with Crippen LogP contribution in [0.25, 0.3) is 0 Å². The first-order valence-corrected chi connectivity index (χ1v) is 29.9. The Morgan fingerprint density at radius 3 is 1.94 bits per heavy atom. The van der Waals surface area contributed by atoms with Gasteiger partial charge in [0.1, 0.15) is 6.04 Å². The van der Waals surface area contributed by atoms with Gasteiger partial charge in [-0.05, 0) is 99.3 Å². The van der Waals surface area contributed by atoms with Crippen LogP contribution in [0.2, 0.25) is 0 Å². The van der Waals surface area contributed by atoms with Crippen molar-refractivity contribution in [3.8, 4) is 0 Å². The summed E-state index contributed by atoms with van der Waals surface area (Å²) in [5.74, 6) is -3.41. The number of hydrazine groups is 1. The van der Waals surface area contributed by atoms with E-state index in [0.717, 1.165) is 24.0 Å². The van der Waals surface area contributed by atoms with Crippen molar-refractivity contribution in [1.29, 1.82) is 0 Å². The first kappa shape index (κ1) is 66.5. The second kappa shape index (κ2) is 33.1. The number of imide groups is 1. The molecular formula is C63H94N8O11. The smallest absolute Gasteiger partial charge is 0.253 e. The molecule has 0 aromatic heterocycles. The lowest BCUT2D eigenvalue weighted by Gasteiger charge is -2.36. The molecule has 0 bridgehead atoms. The van der Waals surface area contributed by atoms with Crippen molar-refractivity contribution < 1.29 is 52.6 Å². The second-order valence-corrected chi connectivity index (χ2v) is 23.6. The lowest BCUT2D eigenvalue weighted by Crippen LogP contribution is -2.54. The van der Waals surface area contributed by atoms with Gasteiger partial charge in [0, 0.05) is 71.2 Å². The number of methoxy groups -OCH3 is 2. The maximum atomic E-state index is 14.5. The number of likely N-dealkylation sites (tertiary alicyclic amines) is 1.